The fourth-order valence-electron chi connectivity index (χ4n) is 3.86. The Hall–Kier alpha value is -1.89. The zero-order chi connectivity index (χ0) is 19.2. The minimum Gasteiger partial charge on any atom is -0.342 e. The van der Waals surface area contributed by atoms with Crippen molar-refractivity contribution in [3.63, 3.8) is 0 Å². The van der Waals surface area contributed by atoms with Crippen molar-refractivity contribution in [2.24, 2.45) is 0 Å². The molecule has 1 aromatic rings. The van der Waals surface area contributed by atoms with Crippen LogP contribution >= 0.6 is 0 Å². The molecule has 2 amide bonds. The van der Waals surface area contributed by atoms with Crippen molar-refractivity contribution >= 4 is 11.8 Å². The molecule has 7 nitrogen and oxygen atoms in total. The SMILES string of the molecule is CC(C)n1cc(C(=O)N2CCCN(CC(=O)N3CCCCCC3)CC2)cn1. The molecular formula is C20H33N5O2. The molecule has 0 spiro atoms. The molecule has 2 saturated heterocycles. The van der Waals surface area contributed by atoms with E-state index in [0.29, 0.717) is 18.7 Å². The maximum Gasteiger partial charge on any atom is 0.257 e. The number of likely N-dealkylation sites (tertiary alicyclic amines) is 1. The lowest BCUT2D eigenvalue weighted by Gasteiger charge is -2.25. The molecule has 2 aliphatic rings. The molecule has 27 heavy (non-hydrogen) atoms. The van der Waals surface area contributed by atoms with Gasteiger partial charge in [0.05, 0.1) is 18.3 Å². The van der Waals surface area contributed by atoms with Gasteiger partial charge in [-0.25, -0.2) is 0 Å². The van der Waals surface area contributed by atoms with E-state index in [9.17, 15) is 9.59 Å². The molecule has 0 radical (unpaired) electrons. The number of hydrogen-bond acceptors (Lipinski definition) is 4. The molecule has 150 valence electrons. The summed E-state index contributed by atoms with van der Waals surface area (Å²) in [6.45, 7) is 9.40. The van der Waals surface area contributed by atoms with E-state index in [4.69, 9.17) is 0 Å². The van der Waals surface area contributed by atoms with Gasteiger partial charge in [0.25, 0.3) is 5.91 Å². The lowest BCUT2D eigenvalue weighted by Crippen LogP contribution is -2.42. The average molecular weight is 376 g/mol. The average Bonchev–Trinajstić information content (AvgIpc) is 2.84. The van der Waals surface area contributed by atoms with E-state index in [1.807, 2.05) is 34.5 Å². The van der Waals surface area contributed by atoms with Crippen molar-refractivity contribution in [1.82, 2.24) is 24.5 Å². The summed E-state index contributed by atoms with van der Waals surface area (Å²) in [6, 6.07) is 0.246. The highest BCUT2D eigenvalue weighted by Crippen LogP contribution is 2.13. The third-order valence-corrected chi connectivity index (χ3v) is 5.57. The van der Waals surface area contributed by atoms with E-state index in [2.05, 4.69) is 10.00 Å². The number of carbonyl (C=O) groups is 2. The molecule has 7 heteroatoms. The van der Waals surface area contributed by atoms with Crippen molar-refractivity contribution in [2.45, 2.75) is 52.0 Å². The Balaban J connectivity index is 1.52. The maximum absolute atomic E-state index is 12.8. The van der Waals surface area contributed by atoms with E-state index in [-0.39, 0.29) is 17.9 Å². The van der Waals surface area contributed by atoms with Crippen LogP contribution in [-0.2, 0) is 4.79 Å². The van der Waals surface area contributed by atoms with Gasteiger partial charge in [0, 0.05) is 51.5 Å². The summed E-state index contributed by atoms with van der Waals surface area (Å²) in [5.41, 5.74) is 0.651. The van der Waals surface area contributed by atoms with Gasteiger partial charge in [0.15, 0.2) is 0 Å². The summed E-state index contributed by atoms with van der Waals surface area (Å²) in [5.74, 6) is 0.289. The van der Waals surface area contributed by atoms with Gasteiger partial charge in [0.2, 0.25) is 5.91 Å². The molecule has 0 aromatic carbocycles. The van der Waals surface area contributed by atoms with Gasteiger partial charge in [-0.3, -0.25) is 19.2 Å². The molecule has 3 rings (SSSR count). The molecule has 0 bridgehead atoms. The predicted molar refractivity (Wildman–Crippen MR) is 105 cm³/mol. The highest BCUT2D eigenvalue weighted by Gasteiger charge is 2.24. The lowest BCUT2D eigenvalue weighted by molar-refractivity contribution is -0.132. The fraction of sp³-hybridized carbons (Fsp3) is 0.750. The lowest BCUT2D eigenvalue weighted by atomic mass is 10.2. The molecule has 0 N–H and O–H groups in total. The van der Waals surface area contributed by atoms with Gasteiger partial charge >= 0.3 is 0 Å². The van der Waals surface area contributed by atoms with Gasteiger partial charge in [-0.2, -0.15) is 5.10 Å². The minimum atomic E-state index is 0.0441. The Morgan fingerprint density at radius 2 is 1.63 bits per heavy atom. The first kappa shape index (κ1) is 19.9. The highest BCUT2D eigenvalue weighted by atomic mass is 16.2. The minimum absolute atomic E-state index is 0.0441. The second-order valence-corrected chi connectivity index (χ2v) is 8.02. The maximum atomic E-state index is 12.8. The summed E-state index contributed by atoms with van der Waals surface area (Å²) >= 11 is 0. The monoisotopic (exact) mass is 375 g/mol. The third kappa shape index (κ3) is 5.31. The first-order valence-corrected chi connectivity index (χ1v) is 10.4. The summed E-state index contributed by atoms with van der Waals surface area (Å²) < 4.78 is 1.82. The molecular weight excluding hydrogens is 342 g/mol. The number of nitrogens with zero attached hydrogens (tertiary/aromatic N) is 5. The Kier molecular flexibility index (Phi) is 6.88. The van der Waals surface area contributed by atoms with Gasteiger partial charge in [0.1, 0.15) is 0 Å². The van der Waals surface area contributed by atoms with E-state index >= 15 is 0 Å². The summed E-state index contributed by atoms with van der Waals surface area (Å²) in [4.78, 5) is 31.5. The first-order valence-electron chi connectivity index (χ1n) is 10.4. The molecule has 0 saturated carbocycles. The van der Waals surface area contributed by atoms with Crippen LogP contribution in [0.3, 0.4) is 0 Å². The van der Waals surface area contributed by atoms with Crippen LogP contribution in [0, 0.1) is 0 Å². The summed E-state index contributed by atoms with van der Waals surface area (Å²) in [6.07, 6.45) is 9.11. The number of aromatic nitrogens is 2. The number of carbonyl (C=O) groups excluding carboxylic acids is 2. The van der Waals surface area contributed by atoms with E-state index < -0.39 is 0 Å². The molecule has 0 unspecified atom stereocenters. The van der Waals surface area contributed by atoms with Crippen molar-refractivity contribution < 1.29 is 9.59 Å². The van der Waals surface area contributed by atoms with Crippen LogP contribution in [-0.4, -0.2) is 82.1 Å². The van der Waals surface area contributed by atoms with Gasteiger partial charge in [-0.15, -0.1) is 0 Å². The Morgan fingerprint density at radius 1 is 0.926 bits per heavy atom. The van der Waals surface area contributed by atoms with Crippen LogP contribution < -0.4 is 0 Å². The predicted octanol–water partition coefficient (Wildman–Crippen LogP) is 2.01. The van der Waals surface area contributed by atoms with Gasteiger partial charge < -0.3 is 9.80 Å². The second-order valence-electron chi connectivity index (χ2n) is 8.02. The normalized spacial score (nSPS) is 19.8. The number of rotatable bonds is 4. The summed E-state index contributed by atoms with van der Waals surface area (Å²) in [5, 5.41) is 4.28. The van der Waals surface area contributed by atoms with E-state index in [0.717, 1.165) is 52.0 Å². The zero-order valence-electron chi connectivity index (χ0n) is 16.8. The quantitative estimate of drug-likeness (QED) is 0.808. The van der Waals surface area contributed by atoms with Gasteiger partial charge in [-0.1, -0.05) is 12.8 Å². The van der Waals surface area contributed by atoms with Crippen LogP contribution in [0.4, 0.5) is 0 Å². The van der Waals surface area contributed by atoms with E-state index in [1.54, 1.807) is 6.20 Å². The third-order valence-electron chi connectivity index (χ3n) is 5.57. The molecule has 0 aliphatic carbocycles. The molecule has 2 aliphatic heterocycles. The van der Waals surface area contributed by atoms with Crippen molar-refractivity contribution in [1.29, 1.82) is 0 Å². The Morgan fingerprint density at radius 3 is 2.30 bits per heavy atom. The van der Waals surface area contributed by atoms with Crippen LogP contribution in [0.15, 0.2) is 12.4 Å². The standard InChI is InChI=1S/C20H33N5O2/c1-17(2)25-15-18(14-21-25)20(27)24-11-7-8-22(12-13-24)16-19(26)23-9-5-3-4-6-10-23/h14-15,17H,3-13,16H2,1-2H3. The van der Waals surface area contributed by atoms with Crippen LogP contribution in [0.1, 0.15) is 62.4 Å². The van der Waals surface area contributed by atoms with Crippen LogP contribution in [0.5, 0.6) is 0 Å². The van der Waals surface area contributed by atoms with Crippen molar-refractivity contribution in [3.05, 3.63) is 18.0 Å². The first-order chi connectivity index (χ1) is 13.0. The topological polar surface area (TPSA) is 61.7 Å². The fourth-order valence-corrected chi connectivity index (χ4v) is 3.86. The van der Waals surface area contributed by atoms with E-state index in [1.165, 1.54) is 12.8 Å². The number of hydrogen-bond donors (Lipinski definition) is 0. The Bertz CT molecular complexity index is 634. The molecule has 1 aromatic heterocycles. The largest absolute Gasteiger partial charge is 0.342 e. The highest BCUT2D eigenvalue weighted by molar-refractivity contribution is 5.93. The van der Waals surface area contributed by atoms with Gasteiger partial charge in [-0.05, 0) is 33.1 Å². The smallest absolute Gasteiger partial charge is 0.257 e. The molecule has 0 atom stereocenters. The molecule has 2 fully saturated rings. The second kappa shape index (κ2) is 9.35. The Labute approximate surface area is 162 Å². The summed E-state index contributed by atoms with van der Waals surface area (Å²) in [7, 11) is 0. The molecule has 3 heterocycles. The van der Waals surface area contributed by atoms with Crippen LogP contribution in [0.25, 0.3) is 0 Å². The van der Waals surface area contributed by atoms with Crippen LogP contribution in [0.2, 0.25) is 0 Å². The number of amides is 2. The van der Waals surface area contributed by atoms with Crippen molar-refractivity contribution in [3.8, 4) is 0 Å². The van der Waals surface area contributed by atoms with Crippen molar-refractivity contribution in [2.75, 3.05) is 45.8 Å². The zero-order valence-corrected chi connectivity index (χ0v) is 16.8.